The van der Waals surface area contributed by atoms with Crippen molar-refractivity contribution in [3.05, 3.63) is 71.1 Å². The molecule has 1 fully saturated rings. The van der Waals surface area contributed by atoms with Crippen LogP contribution in [0.1, 0.15) is 56.2 Å². The fourth-order valence-corrected chi connectivity index (χ4v) is 5.03. The van der Waals surface area contributed by atoms with Crippen molar-refractivity contribution < 1.29 is 9.32 Å². The van der Waals surface area contributed by atoms with E-state index in [1.807, 2.05) is 0 Å². The number of hydrogen-bond donors (Lipinski definition) is 0. The van der Waals surface area contributed by atoms with Crippen LogP contribution in [-0.4, -0.2) is 45.5 Å². The van der Waals surface area contributed by atoms with Crippen molar-refractivity contribution >= 4 is 5.91 Å². The van der Waals surface area contributed by atoms with E-state index in [2.05, 4.69) is 89.2 Å². The van der Waals surface area contributed by atoms with Crippen molar-refractivity contribution in [3.63, 3.8) is 0 Å². The summed E-state index contributed by atoms with van der Waals surface area (Å²) in [6, 6.07) is 16.9. The van der Waals surface area contributed by atoms with Crippen molar-refractivity contribution in [1.29, 1.82) is 0 Å². The molecule has 3 heterocycles. The van der Waals surface area contributed by atoms with E-state index < -0.39 is 0 Å². The summed E-state index contributed by atoms with van der Waals surface area (Å²) in [4.78, 5) is 22.1. The minimum atomic E-state index is 0.112. The zero-order valence-electron chi connectivity index (χ0n) is 20.5. The molecule has 0 saturated carbocycles. The fraction of sp³-hybridized carbons (Fsp3) is 0.464. The Morgan fingerprint density at radius 3 is 2.41 bits per heavy atom. The van der Waals surface area contributed by atoms with Crippen molar-refractivity contribution in [2.75, 3.05) is 19.6 Å². The Hall–Kier alpha value is -2.99. The minimum absolute atomic E-state index is 0.112. The lowest BCUT2D eigenvalue weighted by molar-refractivity contribution is -0.138. The summed E-state index contributed by atoms with van der Waals surface area (Å²) in [5.41, 5.74) is 5.04. The summed E-state index contributed by atoms with van der Waals surface area (Å²) in [6.45, 7) is 10.6. The molecule has 2 aliphatic rings. The molecule has 178 valence electrons. The Labute approximate surface area is 202 Å². The van der Waals surface area contributed by atoms with E-state index in [4.69, 9.17) is 4.52 Å². The molecule has 0 atom stereocenters. The van der Waals surface area contributed by atoms with Gasteiger partial charge < -0.3 is 9.42 Å². The summed E-state index contributed by atoms with van der Waals surface area (Å²) in [7, 11) is 0. The zero-order valence-corrected chi connectivity index (χ0v) is 20.5. The summed E-state index contributed by atoms with van der Waals surface area (Å²) in [5.74, 6) is 1.69. The number of nitrogens with zero attached hydrogens (tertiary/aromatic N) is 4. The molecule has 6 heteroatoms. The second-order valence-electron chi connectivity index (χ2n) is 10.7. The zero-order chi connectivity index (χ0) is 23.7. The van der Waals surface area contributed by atoms with Gasteiger partial charge in [0.2, 0.25) is 17.6 Å². The number of benzene rings is 2. The number of likely N-dealkylation sites (tertiary alicyclic amines) is 1. The average molecular weight is 459 g/mol. The van der Waals surface area contributed by atoms with E-state index in [9.17, 15) is 4.79 Å². The highest BCUT2D eigenvalue weighted by Gasteiger charge is 2.30. The quantitative estimate of drug-likeness (QED) is 0.560. The molecule has 34 heavy (non-hydrogen) atoms. The van der Waals surface area contributed by atoms with Crippen LogP contribution >= 0.6 is 0 Å². The van der Waals surface area contributed by atoms with Gasteiger partial charge in [-0.2, -0.15) is 4.98 Å². The molecule has 2 aromatic carbocycles. The highest BCUT2D eigenvalue weighted by Crippen LogP contribution is 2.27. The van der Waals surface area contributed by atoms with Gasteiger partial charge in [-0.05, 0) is 54.5 Å². The first kappa shape index (κ1) is 22.8. The van der Waals surface area contributed by atoms with E-state index in [1.165, 1.54) is 16.7 Å². The van der Waals surface area contributed by atoms with Gasteiger partial charge in [-0.3, -0.25) is 9.69 Å². The summed E-state index contributed by atoms with van der Waals surface area (Å²) in [5, 5.41) is 4.19. The normalized spacial score (nSPS) is 17.6. The van der Waals surface area contributed by atoms with E-state index in [0.29, 0.717) is 24.2 Å². The molecule has 2 aliphatic heterocycles. The third kappa shape index (κ3) is 4.92. The monoisotopic (exact) mass is 458 g/mol. The first-order chi connectivity index (χ1) is 16.4. The molecule has 0 aliphatic carbocycles. The molecular formula is C28H34N4O2. The highest BCUT2D eigenvalue weighted by atomic mass is 16.5. The van der Waals surface area contributed by atoms with Crippen molar-refractivity contribution in [1.82, 2.24) is 19.9 Å². The third-order valence-corrected chi connectivity index (χ3v) is 7.22. The van der Waals surface area contributed by atoms with E-state index in [1.54, 1.807) is 0 Å². The van der Waals surface area contributed by atoms with Crippen molar-refractivity contribution in [2.45, 2.75) is 58.5 Å². The van der Waals surface area contributed by atoms with Crippen LogP contribution < -0.4 is 0 Å². The fourth-order valence-electron chi connectivity index (χ4n) is 5.03. The Bertz CT molecular complexity index is 1140. The summed E-state index contributed by atoms with van der Waals surface area (Å²) in [6.07, 6.45) is 2.72. The smallest absolute Gasteiger partial charge is 0.241 e. The maximum absolute atomic E-state index is 13.1. The largest absolute Gasteiger partial charge is 0.338 e. The van der Waals surface area contributed by atoms with Crippen LogP contribution in [0, 0.1) is 5.92 Å². The van der Waals surface area contributed by atoms with Crippen LogP contribution in [0.5, 0.6) is 0 Å². The number of rotatable bonds is 4. The Morgan fingerprint density at radius 2 is 1.71 bits per heavy atom. The molecular weight excluding hydrogens is 424 g/mol. The molecule has 0 bridgehead atoms. The maximum Gasteiger partial charge on any atom is 0.241 e. The Balaban J connectivity index is 1.14. The van der Waals surface area contributed by atoms with Crippen molar-refractivity contribution in [2.24, 2.45) is 5.92 Å². The number of carbonyl (C=O) groups is 1. The molecule has 5 rings (SSSR count). The number of aromatic nitrogens is 2. The van der Waals surface area contributed by atoms with Gasteiger partial charge in [0.25, 0.3) is 0 Å². The van der Waals surface area contributed by atoms with Gasteiger partial charge in [-0.1, -0.05) is 74.5 Å². The lowest BCUT2D eigenvalue weighted by Crippen LogP contribution is -2.44. The SMILES string of the molecule is CC(C)(C)c1ccc(-c2noc(CN3CCC(C(=O)N4CCc5ccccc5C4)CC3)n2)cc1. The molecule has 6 nitrogen and oxygen atoms in total. The van der Waals surface area contributed by atoms with Crippen LogP contribution in [-0.2, 0) is 29.7 Å². The van der Waals surface area contributed by atoms with Crippen LogP contribution in [0.2, 0.25) is 0 Å². The van der Waals surface area contributed by atoms with Gasteiger partial charge in [0.1, 0.15) is 0 Å². The summed E-state index contributed by atoms with van der Waals surface area (Å²) >= 11 is 0. The second kappa shape index (κ2) is 9.34. The first-order valence-corrected chi connectivity index (χ1v) is 12.4. The number of hydrogen-bond acceptors (Lipinski definition) is 5. The highest BCUT2D eigenvalue weighted by molar-refractivity contribution is 5.79. The predicted molar refractivity (Wildman–Crippen MR) is 132 cm³/mol. The molecule has 1 saturated heterocycles. The number of carbonyl (C=O) groups excluding carboxylic acids is 1. The van der Waals surface area contributed by atoms with Crippen molar-refractivity contribution in [3.8, 4) is 11.4 Å². The minimum Gasteiger partial charge on any atom is -0.338 e. The van der Waals surface area contributed by atoms with Gasteiger partial charge in [-0.15, -0.1) is 0 Å². The van der Waals surface area contributed by atoms with Crippen LogP contribution in [0.4, 0.5) is 0 Å². The molecule has 0 spiro atoms. The lowest BCUT2D eigenvalue weighted by atomic mass is 9.87. The van der Waals surface area contributed by atoms with E-state index >= 15 is 0 Å². The summed E-state index contributed by atoms with van der Waals surface area (Å²) < 4.78 is 5.54. The lowest BCUT2D eigenvalue weighted by Gasteiger charge is -2.35. The van der Waals surface area contributed by atoms with E-state index in [0.717, 1.165) is 51.0 Å². The van der Waals surface area contributed by atoms with E-state index in [-0.39, 0.29) is 11.3 Å². The van der Waals surface area contributed by atoms with Crippen LogP contribution in [0.25, 0.3) is 11.4 Å². The van der Waals surface area contributed by atoms with Gasteiger partial charge in [0.05, 0.1) is 6.54 Å². The molecule has 1 aromatic heterocycles. The first-order valence-electron chi connectivity index (χ1n) is 12.4. The average Bonchev–Trinajstić information content (AvgIpc) is 3.32. The molecule has 0 N–H and O–H groups in total. The van der Waals surface area contributed by atoms with Crippen LogP contribution in [0.3, 0.4) is 0 Å². The standard InChI is InChI=1S/C28H34N4O2/c1-28(2,3)24-10-8-21(9-11-24)26-29-25(34-30-26)19-31-15-12-22(13-16-31)27(33)32-17-14-20-6-4-5-7-23(20)18-32/h4-11,22H,12-19H2,1-3H3. The topological polar surface area (TPSA) is 62.5 Å². The molecule has 1 amide bonds. The molecule has 0 unspecified atom stereocenters. The van der Waals surface area contributed by atoms with Gasteiger partial charge in [0.15, 0.2) is 0 Å². The molecule has 0 radical (unpaired) electrons. The predicted octanol–water partition coefficient (Wildman–Crippen LogP) is 4.83. The number of piperidine rings is 1. The molecule has 3 aromatic rings. The van der Waals surface area contributed by atoms with Gasteiger partial charge in [-0.25, -0.2) is 0 Å². The number of fused-ring (bicyclic) bond motifs is 1. The Morgan fingerprint density at radius 1 is 1.00 bits per heavy atom. The second-order valence-corrected chi connectivity index (χ2v) is 10.7. The third-order valence-electron chi connectivity index (χ3n) is 7.22. The van der Waals surface area contributed by atoms with Gasteiger partial charge in [0, 0.05) is 24.6 Å². The Kier molecular flexibility index (Phi) is 6.26. The number of amides is 1. The van der Waals surface area contributed by atoms with Crippen LogP contribution in [0.15, 0.2) is 53.1 Å². The van der Waals surface area contributed by atoms with Gasteiger partial charge >= 0.3 is 0 Å². The maximum atomic E-state index is 13.1.